The van der Waals surface area contributed by atoms with E-state index in [-0.39, 0.29) is 5.82 Å². The Kier molecular flexibility index (Phi) is 4.36. The minimum atomic E-state index is -0.281. The number of benzene rings is 2. The highest BCUT2D eigenvalue weighted by Crippen LogP contribution is 2.17. The summed E-state index contributed by atoms with van der Waals surface area (Å²) in [6, 6.07) is 12.6. The van der Waals surface area contributed by atoms with Crippen molar-refractivity contribution in [1.82, 2.24) is 0 Å². The Balaban J connectivity index is 2.01. The van der Waals surface area contributed by atoms with Gasteiger partial charge < -0.3 is 15.8 Å². The van der Waals surface area contributed by atoms with Crippen LogP contribution in [0, 0.1) is 5.82 Å². The van der Waals surface area contributed by atoms with Crippen LogP contribution in [-0.2, 0) is 13.1 Å². The fourth-order valence-electron chi connectivity index (χ4n) is 1.77. The van der Waals surface area contributed by atoms with Crippen LogP contribution >= 0.6 is 0 Å². The highest BCUT2D eigenvalue weighted by Gasteiger charge is 2.03. The zero-order chi connectivity index (χ0) is 13.7. The maximum Gasteiger partial charge on any atom is 0.146 e. The molecule has 3 nitrogen and oxygen atoms in total. The Morgan fingerprint density at radius 3 is 2.37 bits per heavy atom. The summed E-state index contributed by atoms with van der Waals surface area (Å²) in [5.74, 6) is 0.527. The first kappa shape index (κ1) is 13.4. The maximum absolute atomic E-state index is 13.7. The van der Waals surface area contributed by atoms with Crippen molar-refractivity contribution in [3.63, 3.8) is 0 Å². The smallest absolute Gasteiger partial charge is 0.146 e. The van der Waals surface area contributed by atoms with Crippen molar-refractivity contribution in [1.29, 1.82) is 0 Å². The van der Waals surface area contributed by atoms with Crippen LogP contribution in [0.1, 0.15) is 11.1 Å². The molecule has 0 unspecified atom stereocenters. The molecule has 19 heavy (non-hydrogen) atoms. The third-order valence-corrected chi connectivity index (χ3v) is 2.91. The van der Waals surface area contributed by atoms with Gasteiger partial charge in [0.2, 0.25) is 0 Å². The Morgan fingerprint density at radius 2 is 1.79 bits per heavy atom. The monoisotopic (exact) mass is 260 g/mol. The lowest BCUT2D eigenvalue weighted by Gasteiger charge is -2.09. The van der Waals surface area contributed by atoms with E-state index in [1.807, 2.05) is 30.3 Å². The first-order valence-electron chi connectivity index (χ1n) is 6.08. The Morgan fingerprint density at radius 1 is 1.11 bits per heavy atom. The maximum atomic E-state index is 13.7. The standard InChI is InChI=1S/C15H17FN2O/c1-19-13-5-2-11(3-6-13)10-18-15-7-4-12(9-17)8-14(15)16/h2-8,18H,9-10,17H2,1H3. The van der Waals surface area contributed by atoms with Crippen molar-refractivity contribution in [3.05, 3.63) is 59.4 Å². The predicted molar refractivity (Wildman–Crippen MR) is 74.6 cm³/mol. The van der Waals surface area contributed by atoms with Gasteiger partial charge in [-0.15, -0.1) is 0 Å². The van der Waals surface area contributed by atoms with Crippen LogP contribution in [0.25, 0.3) is 0 Å². The number of hydrogen-bond acceptors (Lipinski definition) is 3. The molecule has 0 spiro atoms. The van der Waals surface area contributed by atoms with Gasteiger partial charge >= 0.3 is 0 Å². The van der Waals surface area contributed by atoms with Gasteiger partial charge in [-0.2, -0.15) is 0 Å². The van der Waals surface area contributed by atoms with Crippen LogP contribution in [0.5, 0.6) is 5.75 Å². The Bertz CT molecular complexity index is 540. The molecule has 0 radical (unpaired) electrons. The summed E-state index contributed by atoms with van der Waals surface area (Å²) in [7, 11) is 1.63. The van der Waals surface area contributed by atoms with E-state index >= 15 is 0 Å². The molecule has 0 aliphatic rings. The molecule has 0 aromatic heterocycles. The minimum absolute atomic E-state index is 0.281. The van der Waals surface area contributed by atoms with E-state index in [0.717, 1.165) is 16.9 Å². The fraction of sp³-hybridized carbons (Fsp3) is 0.200. The van der Waals surface area contributed by atoms with E-state index in [1.165, 1.54) is 6.07 Å². The lowest BCUT2D eigenvalue weighted by molar-refractivity contribution is 0.414. The van der Waals surface area contributed by atoms with Gasteiger partial charge in [-0.05, 0) is 35.4 Å². The average molecular weight is 260 g/mol. The summed E-state index contributed by atoms with van der Waals surface area (Å²) in [4.78, 5) is 0. The first-order chi connectivity index (χ1) is 9.22. The van der Waals surface area contributed by atoms with E-state index in [9.17, 15) is 4.39 Å². The quantitative estimate of drug-likeness (QED) is 0.869. The Labute approximate surface area is 112 Å². The van der Waals surface area contributed by atoms with Crippen molar-refractivity contribution in [2.24, 2.45) is 5.73 Å². The molecule has 0 aliphatic carbocycles. The zero-order valence-electron chi connectivity index (χ0n) is 10.8. The van der Waals surface area contributed by atoms with Crippen molar-refractivity contribution < 1.29 is 9.13 Å². The molecular formula is C15H17FN2O. The number of anilines is 1. The summed E-state index contributed by atoms with van der Waals surface area (Å²) in [5.41, 5.74) is 7.78. The van der Waals surface area contributed by atoms with Crippen LogP contribution in [0.15, 0.2) is 42.5 Å². The molecule has 3 N–H and O–H groups in total. The predicted octanol–water partition coefficient (Wildman–Crippen LogP) is 2.91. The molecule has 0 saturated heterocycles. The summed E-state index contributed by atoms with van der Waals surface area (Å²) in [6.07, 6.45) is 0. The van der Waals surface area contributed by atoms with Crippen LogP contribution in [0.2, 0.25) is 0 Å². The highest BCUT2D eigenvalue weighted by molar-refractivity contribution is 5.47. The van der Waals surface area contributed by atoms with Crippen LogP contribution in [-0.4, -0.2) is 7.11 Å². The normalized spacial score (nSPS) is 10.3. The third kappa shape index (κ3) is 3.45. The molecular weight excluding hydrogens is 243 g/mol. The Hall–Kier alpha value is -2.07. The van der Waals surface area contributed by atoms with Gasteiger partial charge in [0.25, 0.3) is 0 Å². The van der Waals surface area contributed by atoms with Gasteiger partial charge in [0.1, 0.15) is 11.6 Å². The van der Waals surface area contributed by atoms with E-state index in [0.29, 0.717) is 18.8 Å². The van der Waals surface area contributed by atoms with Crippen molar-refractivity contribution >= 4 is 5.69 Å². The largest absolute Gasteiger partial charge is 0.497 e. The van der Waals surface area contributed by atoms with E-state index in [1.54, 1.807) is 13.2 Å². The SMILES string of the molecule is COc1ccc(CNc2ccc(CN)cc2F)cc1. The molecule has 2 aromatic carbocycles. The molecule has 0 aliphatic heterocycles. The molecule has 0 amide bonds. The number of methoxy groups -OCH3 is 1. The molecule has 0 bridgehead atoms. The number of nitrogens with two attached hydrogens (primary N) is 1. The van der Waals surface area contributed by atoms with Gasteiger partial charge in [-0.25, -0.2) is 4.39 Å². The average Bonchev–Trinajstić information content (AvgIpc) is 2.46. The topological polar surface area (TPSA) is 47.3 Å². The van der Waals surface area contributed by atoms with E-state index < -0.39 is 0 Å². The lowest BCUT2D eigenvalue weighted by atomic mass is 10.2. The second-order valence-electron chi connectivity index (χ2n) is 4.22. The number of rotatable bonds is 5. The fourth-order valence-corrected chi connectivity index (χ4v) is 1.77. The first-order valence-corrected chi connectivity index (χ1v) is 6.08. The summed E-state index contributed by atoms with van der Waals surface area (Å²) in [6.45, 7) is 0.901. The second kappa shape index (κ2) is 6.20. The number of halogens is 1. The number of hydrogen-bond donors (Lipinski definition) is 2. The van der Waals surface area contributed by atoms with Gasteiger partial charge in [-0.3, -0.25) is 0 Å². The molecule has 0 saturated carbocycles. The van der Waals surface area contributed by atoms with Gasteiger partial charge in [0, 0.05) is 13.1 Å². The van der Waals surface area contributed by atoms with E-state index in [2.05, 4.69) is 5.32 Å². The van der Waals surface area contributed by atoms with Crippen molar-refractivity contribution in [3.8, 4) is 5.75 Å². The molecule has 2 aromatic rings. The van der Waals surface area contributed by atoms with Crippen molar-refractivity contribution in [2.75, 3.05) is 12.4 Å². The van der Waals surface area contributed by atoms with Gasteiger partial charge in [0.05, 0.1) is 12.8 Å². The van der Waals surface area contributed by atoms with E-state index in [4.69, 9.17) is 10.5 Å². The van der Waals surface area contributed by atoms with Crippen LogP contribution in [0.3, 0.4) is 0 Å². The molecule has 2 rings (SSSR count). The molecule has 0 atom stereocenters. The molecule has 0 heterocycles. The highest BCUT2D eigenvalue weighted by atomic mass is 19.1. The third-order valence-electron chi connectivity index (χ3n) is 2.91. The van der Waals surface area contributed by atoms with Crippen LogP contribution < -0.4 is 15.8 Å². The summed E-state index contributed by atoms with van der Waals surface area (Å²) in [5, 5.41) is 3.06. The number of ether oxygens (including phenoxy) is 1. The summed E-state index contributed by atoms with van der Waals surface area (Å²) >= 11 is 0. The van der Waals surface area contributed by atoms with Gasteiger partial charge in [-0.1, -0.05) is 18.2 Å². The van der Waals surface area contributed by atoms with Crippen molar-refractivity contribution in [2.45, 2.75) is 13.1 Å². The zero-order valence-corrected chi connectivity index (χ0v) is 10.8. The minimum Gasteiger partial charge on any atom is -0.497 e. The number of nitrogens with one attached hydrogen (secondary N) is 1. The molecule has 100 valence electrons. The second-order valence-corrected chi connectivity index (χ2v) is 4.22. The summed E-state index contributed by atoms with van der Waals surface area (Å²) < 4.78 is 18.8. The lowest BCUT2D eigenvalue weighted by Crippen LogP contribution is -2.03. The molecule has 0 fully saturated rings. The van der Waals surface area contributed by atoms with Gasteiger partial charge in [0.15, 0.2) is 0 Å². The van der Waals surface area contributed by atoms with Crippen LogP contribution in [0.4, 0.5) is 10.1 Å². The molecule has 4 heteroatoms.